The van der Waals surface area contributed by atoms with Crippen molar-refractivity contribution < 1.29 is 51.4 Å². The molecule has 1 aromatic carbocycles. The molecule has 19 heteroatoms. The standard InChI is InChI=1S/C43H53FN6O10S2/c1-25(51)46-42(15-7-8-16-42)24-60-35(53)18-27-9-5-3-2-4-6-10-29-19-43(29,41(57)48-62(58,59)30-12-13-30)47-37(54)36-31-22-49(20-28(31)21-50(36)39(27)55)40(56)38-45-33(23-61-38)26-11-14-34(52)32(44)17-26/h6,10-11,14,17,23,27-31,36,52H,2-5,7-9,12-13,15-16,18-22,24H2,1H3,(H,46,51)(H,47,54)(H,48,57)/b10-6-/t27-,28+,29-,31+,36+,43-/m1/s1. The molecule has 0 radical (unpaired) electrons. The number of hydrogen-bond donors (Lipinski definition) is 4. The van der Waals surface area contributed by atoms with Gasteiger partial charge in [-0.25, -0.2) is 17.8 Å². The Morgan fingerprint density at radius 3 is 2.55 bits per heavy atom. The van der Waals surface area contributed by atoms with Crippen LogP contribution in [-0.2, 0) is 38.7 Å². The highest BCUT2D eigenvalue weighted by Crippen LogP contribution is 2.47. The smallest absolute Gasteiger partial charge is 0.306 e. The molecule has 8 rings (SSSR count). The van der Waals surface area contributed by atoms with Gasteiger partial charge in [0.25, 0.3) is 11.8 Å². The van der Waals surface area contributed by atoms with Crippen LogP contribution in [0.2, 0.25) is 0 Å². The number of carbonyl (C=O) groups excluding carboxylic acids is 6. The second-order valence-electron chi connectivity index (χ2n) is 18.0. The highest BCUT2D eigenvalue weighted by atomic mass is 32.2. The molecule has 5 fully saturated rings. The summed E-state index contributed by atoms with van der Waals surface area (Å²) in [6.45, 7) is 1.72. The molecule has 1 aromatic heterocycles. The number of phenols is 1. The molecule has 16 nitrogen and oxygen atoms in total. The first kappa shape index (κ1) is 43.7. The molecule has 3 aliphatic carbocycles. The number of fused-ring (bicyclic) bond motifs is 4. The Labute approximate surface area is 363 Å². The Morgan fingerprint density at radius 1 is 1.05 bits per heavy atom. The zero-order chi connectivity index (χ0) is 44.0. The van der Waals surface area contributed by atoms with Gasteiger partial charge in [-0.1, -0.05) is 37.8 Å². The van der Waals surface area contributed by atoms with Crippen molar-refractivity contribution in [1.82, 2.24) is 30.1 Å². The highest BCUT2D eigenvalue weighted by Gasteiger charge is 2.63. The Kier molecular flexibility index (Phi) is 12.2. The van der Waals surface area contributed by atoms with Crippen molar-refractivity contribution in [3.63, 3.8) is 0 Å². The Morgan fingerprint density at radius 2 is 1.82 bits per heavy atom. The van der Waals surface area contributed by atoms with Crippen LogP contribution >= 0.6 is 11.3 Å². The first-order valence-corrected chi connectivity index (χ1v) is 24.0. The largest absolute Gasteiger partial charge is 0.505 e. The number of phenolic OH excluding ortho intramolecular Hbond substituents is 1. The number of aromatic nitrogens is 1. The van der Waals surface area contributed by atoms with E-state index < -0.39 is 91.3 Å². The van der Waals surface area contributed by atoms with Crippen molar-refractivity contribution >= 4 is 56.9 Å². The lowest BCUT2D eigenvalue weighted by Crippen LogP contribution is -2.58. The average Bonchev–Trinajstić information content (AvgIpc) is 3.92. The van der Waals surface area contributed by atoms with Gasteiger partial charge in [-0.15, -0.1) is 11.3 Å². The van der Waals surface area contributed by atoms with Crippen LogP contribution in [-0.4, -0.2) is 112 Å². The average molecular weight is 897 g/mol. The lowest BCUT2D eigenvalue weighted by Gasteiger charge is -2.33. The van der Waals surface area contributed by atoms with Crippen LogP contribution in [0.15, 0.2) is 35.7 Å². The van der Waals surface area contributed by atoms with Crippen LogP contribution in [0, 0.1) is 29.5 Å². The number of ether oxygens (including phenoxy) is 1. The third-order valence-corrected chi connectivity index (χ3v) is 16.1. The number of likely N-dealkylation sites (tertiary alicyclic amines) is 1. The van der Waals surface area contributed by atoms with E-state index in [1.54, 1.807) is 10.3 Å². The molecule has 334 valence electrons. The summed E-state index contributed by atoms with van der Waals surface area (Å²) in [6.07, 6.45) is 10.8. The summed E-state index contributed by atoms with van der Waals surface area (Å²) in [5.41, 5.74) is -1.53. The highest BCUT2D eigenvalue weighted by molar-refractivity contribution is 7.91. The number of nitrogens with zero attached hydrogens (tertiary/aromatic N) is 3. The number of allylic oxidation sites excluding steroid dienone is 1. The van der Waals surface area contributed by atoms with E-state index in [4.69, 9.17) is 4.74 Å². The number of sulfonamides is 1. The van der Waals surface area contributed by atoms with Gasteiger partial charge in [0, 0.05) is 61.2 Å². The van der Waals surface area contributed by atoms with E-state index in [-0.39, 0.29) is 55.9 Å². The summed E-state index contributed by atoms with van der Waals surface area (Å²) < 4.78 is 48.1. The molecule has 3 aliphatic heterocycles. The molecular weight excluding hydrogens is 844 g/mol. The Bertz CT molecular complexity index is 2280. The van der Waals surface area contributed by atoms with Gasteiger partial charge in [-0.3, -0.25) is 33.5 Å². The van der Waals surface area contributed by atoms with Crippen molar-refractivity contribution in [3.05, 3.63) is 46.6 Å². The zero-order valence-corrected chi connectivity index (χ0v) is 36.2. The maximum Gasteiger partial charge on any atom is 0.306 e. The van der Waals surface area contributed by atoms with Gasteiger partial charge in [-0.2, -0.15) is 0 Å². The van der Waals surface area contributed by atoms with E-state index in [9.17, 15) is 46.7 Å². The van der Waals surface area contributed by atoms with Crippen LogP contribution in [0.25, 0.3) is 11.3 Å². The van der Waals surface area contributed by atoms with Crippen LogP contribution < -0.4 is 15.4 Å². The van der Waals surface area contributed by atoms with Crippen molar-refractivity contribution in [2.24, 2.45) is 23.7 Å². The van der Waals surface area contributed by atoms with Crippen LogP contribution in [0.3, 0.4) is 0 Å². The number of hydrogen-bond acceptors (Lipinski definition) is 12. The summed E-state index contributed by atoms with van der Waals surface area (Å²) in [6, 6.07) is 2.64. The maximum absolute atomic E-state index is 14.8. The van der Waals surface area contributed by atoms with E-state index in [1.807, 2.05) is 12.2 Å². The van der Waals surface area contributed by atoms with Crippen molar-refractivity contribution in [1.29, 1.82) is 0 Å². The number of benzene rings is 1. The number of esters is 1. The van der Waals surface area contributed by atoms with E-state index in [2.05, 4.69) is 20.3 Å². The topological polar surface area (TPSA) is 221 Å². The number of aromatic hydroxyl groups is 1. The van der Waals surface area contributed by atoms with Crippen LogP contribution in [0.5, 0.6) is 5.75 Å². The number of carbonyl (C=O) groups is 6. The third-order valence-electron chi connectivity index (χ3n) is 13.5. The second kappa shape index (κ2) is 17.3. The third kappa shape index (κ3) is 9.10. The Hall–Kier alpha value is -4.91. The number of amides is 5. The van der Waals surface area contributed by atoms with Gasteiger partial charge < -0.3 is 30.3 Å². The fourth-order valence-electron chi connectivity index (χ4n) is 9.88. The first-order valence-electron chi connectivity index (χ1n) is 21.6. The molecular formula is C43H53FN6O10S2. The number of rotatable bonds is 10. The molecule has 6 aliphatic rings. The minimum Gasteiger partial charge on any atom is -0.505 e. The summed E-state index contributed by atoms with van der Waals surface area (Å²) in [7, 11) is -3.96. The molecule has 62 heavy (non-hydrogen) atoms. The SMILES string of the molecule is CC(=O)NC1(COC(=O)C[C@H]2CCCCC/C=C\[C@@H]3C[C@@]3(C(=O)NS(=O)(=O)C3CC3)NC(=O)[C@@H]3[C@H]4CN(C(=O)c5nc(-c6ccc(O)c(F)c6)cs5)C[C@H]4CN3C2=O)CCCC1. The minimum atomic E-state index is -3.96. The summed E-state index contributed by atoms with van der Waals surface area (Å²) >= 11 is 1.07. The molecule has 2 saturated heterocycles. The summed E-state index contributed by atoms with van der Waals surface area (Å²) in [5, 5.41) is 16.6. The number of halogens is 1. The fraction of sp³-hybridized carbons (Fsp3) is 0.605. The molecule has 3 saturated carbocycles. The van der Waals surface area contributed by atoms with E-state index in [0.29, 0.717) is 56.2 Å². The quantitative estimate of drug-likeness (QED) is 0.200. The lowest BCUT2D eigenvalue weighted by atomic mass is 9.92. The summed E-state index contributed by atoms with van der Waals surface area (Å²) in [4.78, 5) is 90.5. The normalized spacial score (nSPS) is 29.0. The molecule has 2 aromatic rings. The molecule has 4 heterocycles. The summed E-state index contributed by atoms with van der Waals surface area (Å²) in [5.74, 6) is -6.77. The van der Waals surface area contributed by atoms with E-state index in [0.717, 1.165) is 43.1 Å². The molecule has 0 spiro atoms. The monoisotopic (exact) mass is 896 g/mol. The van der Waals surface area contributed by atoms with Gasteiger partial charge in [0.2, 0.25) is 27.7 Å². The van der Waals surface area contributed by atoms with Crippen molar-refractivity contribution in [3.8, 4) is 17.0 Å². The number of thiazole rings is 1. The van der Waals surface area contributed by atoms with Gasteiger partial charge in [-0.05, 0) is 69.6 Å². The fourth-order valence-corrected chi connectivity index (χ4v) is 12.0. The Balaban J connectivity index is 1.05. The van der Waals surface area contributed by atoms with Gasteiger partial charge in [0.1, 0.15) is 18.2 Å². The molecule has 0 unspecified atom stereocenters. The lowest BCUT2D eigenvalue weighted by molar-refractivity contribution is -0.152. The van der Waals surface area contributed by atoms with E-state index >= 15 is 0 Å². The van der Waals surface area contributed by atoms with Crippen molar-refractivity contribution in [2.75, 3.05) is 26.2 Å². The molecule has 4 N–H and O–H groups in total. The van der Waals surface area contributed by atoms with Gasteiger partial charge in [0.15, 0.2) is 16.6 Å². The molecule has 0 bridgehead atoms. The predicted molar refractivity (Wildman–Crippen MR) is 223 cm³/mol. The molecule has 5 amide bonds. The van der Waals surface area contributed by atoms with Gasteiger partial charge in [0.05, 0.1) is 22.9 Å². The number of nitrogens with one attached hydrogen (secondary N) is 3. The van der Waals surface area contributed by atoms with Gasteiger partial charge >= 0.3 is 5.97 Å². The first-order chi connectivity index (χ1) is 29.6. The van der Waals surface area contributed by atoms with E-state index in [1.165, 1.54) is 24.0 Å². The van der Waals surface area contributed by atoms with Crippen LogP contribution in [0.1, 0.15) is 100 Å². The predicted octanol–water partition coefficient (Wildman–Crippen LogP) is 3.56. The van der Waals surface area contributed by atoms with Crippen LogP contribution in [0.4, 0.5) is 4.39 Å². The maximum atomic E-state index is 14.8. The second-order valence-corrected chi connectivity index (χ2v) is 20.8. The molecule has 6 atom stereocenters. The zero-order valence-electron chi connectivity index (χ0n) is 34.6. The van der Waals surface area contributed by atoms with Crippen molar-refractivity contribution in [2.45, 2.75) is 113 Å². The minimum absolute atomic E-state index is 0.0182.